The fourth-order valence-electron chi connectivity index (χ4n) is 2.59. The van der Waals surface area contributed by atoms with Crippen LogP contribution in [-0.4, -0.2) is 49.7 Å². The Balaban J connectivity index is 1.79. The van der Waals surface area contributed by atoms with Gasteiger partial charge in [0.05, 0.1) is 13.7 Å². The molecular weight excluding hydrogens is 308 g/mol. The summed E-state index contributed by atoms with van der Waals surface area (Å²) in [6, 6.07) is 7.58. The third-order valence-electron chi connectivity index (χ3n) is 3.89. The van der Waals surface area contributed by atoms with E-state index in [-0.39, 0.29) is 18.0 Å². The smallest absolute Gasteiger partial charge is 0.409 e. The van der Waals surface area contributed by atoms with E-state index in [1.54, 1.807) is 25.0 Å². The highest BCUT2D eigenvalue weighted by Crippen LogP contribution is 2.14. The Morgan fingerprint density at radius 2 is 2.08 bits per heavy atom. The number of nitrogens with one attached hydrogen (secondary N) is 1. The number of methoxy groups -OCH3 is 1. The van der Waals surface area contributed by atoms with E-state index < -0.39 is 0 Å². The van der Waals surface area contributed by atoms with Crippen LogP contribution in [0.3, 0.4) is 0 Å². The minimum absolute atomic E-state index is 0.0816. The SMILES string of the molecule is CCOC(=O)N1CCC(NC(=O)/C=C/c2cccc(OC)c2)CC1. The number of nitrogens with zero attached hydrogens (tertiary/aromatic N) is 1. The van der Waals surface area contributed by atoms with Crippen molar-refractivity contribution in [3.8, 4) is 5.75 Å². The first kappa shape index (κ1) is 17.8. The third-order valence-corrected chi connectivity index (χ3v) is 3.89. The fraction of sp³-hybridized carbons (Fsp3) is 0.444. The lowest BCUT2D eigenvalue weighted by molar-refractivity contribution is -0.117. The van der Waals surface area contributed by atoms with Gasteiger partial charge in [0.25, 0.3) is 0 Å². The van der Waals surface area contributed by atoms with Gasteiger partial charge in [-0.1, -0.05) is 12.1 Å². The van der Waals surface area contributed by atoms with Crippen LogP contribution in [0.15, 0.2) is 30.3 Å². The lowest BCUT2D eigenvalue weighted by Gasteiger charge is -2.31. The van der Waals surface area contributed by atoms with Crippen LogP contribution >= 0.6 is 0 Å². The number of hydrogen-bond acceptors (Lipinski definition) is 4. The second-order valence-corrected chi connectivity index (χ2v) is 5.58. The number of hydrogen-bond donors (Lipinski definition) is 1. The van der Waals surface area contributed by atoms with Crippen molar-refractivity contribution in [1.82, 2.24) is 10.2 Å². The van der Waals surface area contributed by atoms with E-state index in [0.29, 0.717) is 19.7 Å². The topological polar surface area (TPSA) is 67.9 Å². The van der Waals surface area contributed by atoms with Crippen LogP contribution in [0, 0.1) is 0 Å². The van der Waals surface area contributed by atoms with Gasteiger partial charge in [0.2, 0.25) is 5.91 Å². The predicted molar refractivity (Wildman–Crippen MR) is 91.8 cm³/mol. The van der Waals surface area contributed by atoms with Crippen LogP contribution < -0.4 is 10.1 Å². The quantitative estimate of drug-likeness (QED) is 0.841. The van der Waals surface area contributed by atoms with Gasteiger partial charge in [0.1, 0.15) is 5.75 Å². The molecule has 0 aliphatic carbocycles. The van der Waals surface area contributed by atoms with Crippen molar-refractivity contribution in [2.24, 2.45) is 0 Å². The first-order chi connectivity index (χ1) is 11.6. The van der Waals surface area contributed by atoms with Gasteiger partial charge >= 0.3 is 6.09 Å². The molecule has 1 aromatic carbocycles. The van der Waals surface area contributed by atoms with Gasteiger partial charge in [0, 0.05) is 25.2 Å². The number of carbonyl (C=O) groups excluding carboxylic acids is 2. The van der Waals surface area contributed by atoms with Crippen molar-refractivity contribution >= 4 is 18.1 Å². The number of ether oxygens (including phenoxy) is 2. The highest BCUT2D eigenvalue weighted by atomic mass is 16.6. The second kappa shape index (κ2) is 8.96. The van der Waals surface area contributed by atoms with Crippen LogP contribution in [0.4, 0.5) is 4.79 Å². The average Bonchev–Trinajstić information content (AvgIpc) is 2.61. The zero-order valence-corrected chi connectivity index (χ0v) is 14.2. The van der Waals surface area contributed by atoms with Gasteiger partial charge in [-0.05, 0) is 43.5 Å². The number of rotatable bonds is 5. The molecule has 0 spiro atoms. The first-order valence-corrected chi connectivity index (χ1v) is 8.16. The molecule has 1 aromatic rings. The molecule has 2 amide bonds. The second-order valence-electron chi connectivity index (χ2n) is 5.58. The molecule has 0 saturated carbocycles. The summed E-state index contributed by atoms with van der Waals surface area (Å²) >= 11 is 0. The molecule has 1 heterocycles. The Kier molecular flexibility index (Phi) is 6.66. The number of piperidine rings is 1. The number of likely N-dealkylation sites (tertiary alicyclic amines) is 1. The van der Waals surface area contributed by atoms with Gasteiger partial charge in [-0.15, -0.1) is 0 Å². The number of carbonyl (C=O) groups is 2. The fourth-order valence-corrected chi connectivity index (χ4v) is 2.59. The van der Waals surface area contributed by atoms with Crippen molar-refractivity contribution in [3.63, 3.8) is 0 Å². The Morgan fingerprint density at radius 3 is 2.75 bits per heavy atom. The lowest BCUT2D eigenvalue weighted by Crippen LogP contribution is -2.46. The summed E-state index contributed by atoms with van der Waals surface area (Å²) in [5, 5.41) is 2.97. The Morgan fingerprint density at radius 1 is 1.33 bits per heavy atom. The van der Waals surface area contributed by atoms with E-state index in [0.717, 1.165) is 24.2 Å². The molecule has 0 bridgehead atoms. The molecule has 0 aromatic heterocycles. The van der Waals surface area contributed by atoms with Crippen molar-refractivity contribution in [3.05, 3.63) is 35.9 Å². The molecule has 6 nitrogen and oxygen atoms in total. The molecule has 0 atom stereocenters. The molecule has 6 heteroatoms. The predicted octanol–water partition coefficient (Wildman–Crippen LogP) is 2.45. The van der Waals surface area contributed by atoms with Crippen LogP contribution in [0.5, 0.6) is 5.75 Å². The molecule has 0 radical (unpaired) electrons. The monoisotopic (exact) mass is 332 g/mol. The molecule has 1 N–H and O–H groups in total. The maximum absolute atomic E-state index is 12.0. The molecule has 2 rings (SSSR count). The summed E-state index contributed by atoms with van der Waals surface area (Å²) in [5.74, 6) is 0.622. The molecule has 24 heavy (non-hydrogen) atoms. The number of benzene rings is 1. The standard InChI is InChI=1S/C18H24N2O4/c1-3-24-18(22)20-11-9-15(10-12-20)19-17(21)8-7-14-5-4-6-16(13-14)23-2/h4-8,13,15H,3,9-12H2,1-2H3,(H,19,21)/b8-7+. The van der Waals surface area contributed by atoms with Crippen molar-refractivity contribution < 1.29 is 19.1 Å². The summed E-state index contributed by atoms with van der Waals surface area (Å²) in [6.07, 6.45) is 4.47. The zero-order chi connectivity index (χ0) is 17.4. The lowest BCUT2D eigenvalue weighted by atomic mass is 10.1. The van der Waals surface area contributed by atoms with Gasteiger partial charge in [-0.25, -0.2) is 4.79 Å². The minimum Gasteiger partial charge on any atom is -0.497 e. The maximum Gasteiger partial charge on any atom is 0.409 e. The summed E-state index contributed by atoms with van der Waals surface area (Å²) < 4.78 is 10.1. The Bertz CT molecular complexity index is 592. The summed E-state index contributed by atoms with van der Waals surface area (Å²) in [5.41, 5.74) is 0.904. The van der Waals surface area contributed by atoms with Gasteiger partial charge in [-0.2, -0.15) is 0 Å². The molecule has 0 unspecified atom stereocenters. The largest absolute Gasteiger partial charge is 0.497 e. The molecule has 1 fully saturated rings. The summed E-state index contributed by atoms with van der Waals surface area (Å²) in [4.78, 5) is 25.3. The number of amides is 2. The van der Waals surface area contributed by atoms with E-state index >= 15 is 0 Å². The molecule has 1 aliphatic rings. The van der Waals surface area contributed by atoms with Gasteiger partial charge in [-0.3, -0.25) is 4.79 Å². The maximum atomic E-state index is 12.0. The van der Waals surface area contributed by atoms with E-state index in [1.807, 2.05) is 24.3 Å². The van der Waals surface area contributed by atoms with Crippen molar-refractivity contribution in [2.75, 3.05) is 26.8 Å². The van der Waals surface area contributed by atoms with E-state index in [2.05, 4.69) is 5.32 Å². The van der Waals surface area contributed by atoms with Crippen LogP contribution in [-0.2, 0) is 9.53 Å². The molecule has 130 valence electrons. The van der Waals surface area contributed by atoms with E-state index in [9.17, 15) is 9.59 Å². The van der Waals surface area contributed by atoms with E-state index in [4.69, 9.17) is 9.47 Å². The van der Waals surface area contributed by atoms with Crippen molar-refractivity contribution in [1.29, 1.82) is 0 Å². The average molecular weight is 332 g/mol. The highest BCUT2D eigenvalue weighted by Gasteiger charge is 2.23. The van der Waals surface area contributed by atoms with Gasteiger partial charge < -0.3 is 19.7 Å². The van der Waals surface area contributed by atoms with E-state index in [1.165, 1.54) is 6.08 Å². The Hall–Kier alpha value is -2.50. The van der Waals surface area contributed by atoms with Crippen LogP contribution in [0.25, 0.3) is 6.08 Å². The normalized spacial score (nSPS) is 15.3. The summed E-state index contributed by atoms with van der Waals surface area (Å²) in [7, 11) is 1.61. The third kappa shape index (κ3) is 5.30. The highest BCUT2D eigenvalue weighted by molar-refractivity contribution is 5.92. The van der Waals surface area contributed by atoms with Crippen LogP contribution in [0.1, 0.15) is 25.3 Å². The van der Waals surface area contributed by atoms with Crippen molar-refractivity contribution in [2.45, 2.75) is 25.8 Å². The zero-order valence-electron chi connectivity index (χ0n) is 14.2. The van der Waals surface area contributed by atoms with Gasteiger partial charge in [0.15, 0.2) is 0 Å². The summed E-state index contributed by atoms with van der Waals surface area (Å²) in [6.45, 7) is 3.37. The minimum atomic E-state index is -0.278. The first-order valence-electron chi connectivity index (χ1n) is 8.16. The van der Waals surface area contributed by atoms with Crippen LogP contribution in [0.2, 0.25) is 0 Å². The molecular formula is C18H24N2O4. The molecule has 1 aliphatic heterocycles. The Labute approximate surface area is 142 Å². The molecule has 1 saturated heterocycles.